The van der Waals surface area contributed by atoms with E-state index in [9.17, 15) is 14.4 Å². The van der Waals surface area contributed by atoms with Gasteiger partial charge in [0.05, 0.1) is 17.3 Å². The lowest BCUT2D eigenvalue weighted by Crippen LogP contribution is -2.39. The number of amides is 2. The van der Waals surface area contributed by atoms with Gasteiger partial charge in [-0.2, -0.15) is 0 Å². The Morgan fingerprint density at radius 3 is 2.63 bits per heavy atom. The number of carbonyl (C=O) groups excluding carboxylic acids is 2. The van der Waals surface area contributed by atoms with Gasteiger partial charge in [0.15, 0.2) is 0 Å². The van der Waals surface area contributed by atoms with Crippen LogP contribution in [-0.4, -0.2) is 39.4 Å². The molecular weight excluding hydrogens is 344 g/mol. The molecule has 0 radical (unpaired) electrons. The molecule has 1 saturated heterocycles. The maximum atomic E-state index is 12.5. The van der Waals surface area contributed by atoms with E-state index in [4.69, 9.17) is 0 Å². The smallest absolute Gasteiger partial charge is 0.253 e. The molecular formula is C20H24N4O3. The molecule has 2 aromatic heterocycles. The third-order valence-corrected chi connectivity index (χ3v) is 4.74. The fourth-order valence-electron chi connectivity index (χ4n) is 3.16. The highest BCUT2D eigenvalue weighted by molar-refractivity contribution is 5.94. The van der Waals surface area contributed by atoms with Crippen LogP contribution < -0.4 is 10.9 Å². The Morgan fingerprint density at radius 1 is 1.15 bits per heavy atom. The van der Waals surface area contributed by atoms with Crippen LogP contribution in [-0.2, 0) is 11.3 Å². The summed E-state index contributed by atoms with van der Waals surface area (Å²) in [6.45, 7) is 3.26. The molecule has 3 heterocycles. The van der Waals surface area contributed by atoms with Gasteiger partial charge in [-0.3, -0.25) is 19.4 Å². The fraction of sp³-hybridized carbons (Fsp3) is 0.400. The van der Waals surface area contributed by atoms with Crippen LogP contribution >= 0.6 is 0 Å². The topological polar surface area (TPSA) is 84.3 Å². The van der Waals surface area contributed by atoms with E-state index in [0.717, 1.165) is 38.0 Å². The van der Waals surface area contributed by atoms with Gasteiger partial charge in [-0.1, -0.05) is 6.07 Å². The van der Waals surface area contributed by atoms with E-state index in [-0.39, 0.29) is 30.0 Å². The van der Waals surface area contributed by atoms with Crippen molar-refractivity contribution in [2.45, 2.75) is 38.8 Å². The predicted octanol–water partition coefficient (Wildman–Crippen LogP) is 1.75. The van der Waals surface area contributed by atoms with Crippen molar-refractivity contribution in [1.82, 2.24) is 19.8 Å². The minimum absolute atomic E-state index is 0.0459. The van der Waals surface area contributed by atoms with Gasteiger partial charge in [0.25, 0.3) is 11.5 Å². The molecule has 2 amide bonds. The second kappa shape index (κ2) is 8.62. The zero-order chi connectivity index (χ0) is 19.2. The summed E-state index contributed by atoms with van der Waals surface area (Å²) in [6.07, 6.45) is 6.24. The van der Waals surface area contributed by atoms with E-state index >= 15 is 0 Å². The van der Waals surface area contributed by atoms with Crippen LogP contribution in [0, 0.1) is 0 Å². The highest BCUT2D eigenvalue weighted by Crippen LogP contribution is 2.11. The molecule has 1 fully saturated rings. The van der Waals surface area contributed by atoms with Crippen LogP contribution in [0.2, 0.25) is 0 Å². The third kappa shape index (κ3) is 4.81. The molecule has 1 aliphatic heterocycles. The number of likely N-dealkylation sites (tertiary alicyclic amines) is 1. The molecule has 3 rings (SSSR count). The molecule has 7 heteroatoms. The van der Waals surface area contributed by atoms with E-state index in [2.05, 4.69) is 10.3 Å². The van der Waals surface area contributed by atoms with Crippen molar-refractivity contribution >= 4 is 11.8 Å². The van der Waals surface area contributed by atoms with E-state index in [1.54, 1.807) is 11.1 Å². The SMILES string of the molecule is C[C@H](NC(=O)c1ccc(=O)n(CC(=O)N2CCCCC2)c1)c1ccccn1. The quantitative estimate of drug-likeness (QED) is 0.871. The summed E-state index contributed by atoms with van der Waals surface area (Å²) in [6, 6.07) is 8.04. The average Bonchev–Trinajstić information content (AvgIpc) is 2.70. The molecule has 1 atom stereocenters. The van der Waals surface area contributed by atoms with Crippen LogP contribution in [0.15, 0.2) is 47.5 Å². The Hall–Kier alpha value is -2.96. The van der Waals surface area contributed by atoms with Crippen molar-refractivity contribution in [1.29, 1.82) is 0 Å². The first-order valence-electron chi connectivity index (χ1n) is 9.24. The van der Waals surface area contributed by atoms with Gasteiger partial charge in [-0.25, -0.2) is 0 Å². The molecule has 0 aromatic carbocycles. The summed E-state index contributed by atoms with van der Waals surface area (Å²) in [5.41, 5.74) is 0.790. The molecule has 0 spiro atoms. The van der Waals surface area contributed by atoms with E-state index < -0.39 is 0 Å². The first kappa shape index (κ1) is 18.8. The number of pyridine rings is 2. The van der Waals surface area contributed by atoms with Gasteiger partial charge in [0.2, 0.25) is 5.91 Å². The molecule has 0 bridgehead atoms. The molecule has 0 unspecified atom stereocenters. The van der Waals surface area contributed by atoms with Crippen molar-refractivity contribution in [3.05, 3.63) is 64.3 Å². The number of nitrogens with one attached hydrogen (secondary N) is 1. The van der Waals surface area contributed by atoms with E-state index in [1.165, 1.54) is 22.9 Å². The van der Waals surface area contributed by atoms with Gasteiger partial charge in [0, 0.05) is 31.5 Å². The molecule has 0 aliphatic carbocycles. The standard InChI is InChI=1S/C20H24N4O3/c1-15(17-7-3-4-10-21-17)22-20(27)16-8-9-18(25)24(13-16)14-19(26)23-11-5-2-6-12-23/h3-4,7-10,13,15H,2,5-6,11-12,14H2,1H3,(H,22,27)/t15-/m0/s1. The summed E-state index contributed by atoms with van der Waals surface area (Å²) in [4.78, 5) is 43.1. The normalized spacial score (nSPS) is 15.2. The average molecular weight is 368 g/mol. The first-order chi connectivity index (χ1) is 13.0. The zero-order valence-corrected chi connectivity index (χ0v) is 15.4. The fourth-order valence-corrected chi connectivity index (χ4v) is 3.16. The zero-order valence-electron chi connectivity index (χ0n) is 15.4. The molecule has 7 nitrogen and oxygen atoms in total. The Morgan fingerprint density at radius 2 is 1.93 bits per heavy atom. The lowest BCUT2D eigenvalue weighted by Gasteiger charge is -2.27. The van der Waals surface area contributed by atoms with Crippen LogP contribution in [0.4, 0.5) is 0 Å². The summed E-state index contributed by atoms with van der Waals surface area (Å²) < 4.78 is 1.30. The number of nitrogens with zero attached hydrogens (tertiary/aromatic N) is 3. The summed E-state index contributed by atoms with van der Waals surface area (Å²) in [5, 5.41) is 2.86. The molecule has 142 valence electrons. The Labute approximate surface area is 158 Å². The number of piperidine rings is 1. The molecule has 0 saturated carbocycles. The Bertz CT molecular complexity index is 857. The second-order valence-corrected chi connectivity index (χ2v) is 6.78. The molecule has 1 aliphatic rings. The summed E-state index contributed by atoms with van der Waals surface area (Å²) >= 11 is 0. The van der Waals surface area contributed by atoms with Crippen molar-refractivity contribution < 1.29 is 9.59 Å². The van der Waals surface area contributed by atoms with Crippen molar-refractivity contribution in [2.24, 2.45) is 0 Å². The van der Waals surface area contributed by atoms with Crippen molar-refractivity contribution in [3.63, 3.8) is 0 Å². The van der Waals surface area contributed by atoms with Crippen molar-refractivity contribution in [3.8, 4) is 0 Å². The second-order valence-electron chi connectivity index (χ2n) is 6.78. The van der Waals surface area contributed by atoms with Crippen molar-refractivity contribution in [2.75, 3.05) is 13.1 Å². The molecule has 1 N–H and O–H groups in total. The number of rotatable bonds is 5. The highest BCUT2D eigenvalue weighted by atomic mass is 16.2. The Balaban J connectivity index is 1.69. The van der Waals surface area contributed by atoms with Gasteiger partial charge in [0.1, 0.15) is 6.54 Å². The maximum absolute atomic E-state index is 12.5. The first-order valence-corrected chi connectivity index (χ1v) is 9.24. The Kier molecular flexibility index (Phi) is 6.01. The van der Waals surface area contributed by atoms with Gasteiger partial charge >= 0.3 is 0 Å². The lowest BCUT2D eigenvalue weighted by atomic mass is 10.1. The molecule has 27 heavy (non-hydrogen) atoms. The summed E-state index contributed by atoms with van der Waals surface area (Å²) in [7, 11) is 0. The highest BCUT2D eigenvalue weighted by Gasteiger charge is 2.18. The predicted molar refractivity (Wildman–Crippen MR) is 101 cm³/mol. The third-order valence-electron chi connectivity index (χ3n) is 4.74. The number of hydrogen-bond donors (Lipinski definition) is 1. The minimum atomic E-state index is -0.313. The van der Waals surface area contributed by atoms with Gasteiger partial charge in [-0.15, -0.1) is 0 Å². The number of carbonyl (C=O) groups is 2. The van der Waals surface area contributed by atoms with E-state index in [1.807, 2.05) is 25.1 Å². The van der Waals surface area contributed by atoms with Crippen LogP contribution in [0.25, 0.3) is 0 Å². The van der Waals surface area contributed by atoms with Crippen LogP contribution in [0.5, 0.6) is 0 Å². The van der Waals surface area contributed by atoms with Crippen LogP contribution in [0.3, 0.4) is 0 Å². The van der Waals surface area contributed by atoms with Gasteiger partial charge < -0.3 is 14.8 Å². The number of aromatic nitrogens is 2. The largest absolute Gasteiger partial charge is 0.344 e. The van der Waals surface area contributed by atoms with Gasteiger partial charge in [-0.05, 0) is 44.4 Å². The summed E-state index contributed by atoms with van der Waals surface area (Å²) in [5.74, 6) is -0.400. The molecule has 2 aromatic rings. The van der Waals surface area contributed by atoms with E-state index in [0.29, 0.717) is 5.56 Å². The van der Waals surface area contributed by atoms with Crippen LogP contribution in [0.1, 0.15) is 48.3 Å². The lowest BCUT2D eigenvalue weighted by molar-refractivity contribution is -0.132. The number of hydrogen-bond acceptors (Lipinski definition) is 4. The minimum Gasteiger partial charge on any atom is -0.344 e. The maximum Gasteiger partial charge on any atom is 0.253 e. The monoisotopic (exact) mass is 368 g/mol.